The van der Waals surface area contributed by atoms with E-state index in [9.17, 15) is 26.4 Å². The fourth-order valence-electron chi connectivity index (χ4n) is 5.33. The number of halogens is 3. The zero-order valence-corrected chi connectivity index (χ0v) is 19.4. The number of urea groups is 1. The van der Waals surface area contributed by atoms with Crippen LogP contribution in [0.1, 0.15) is 49.1 Å². The maximum Gasteiger partial charge on any atom is 0.416 e. The van der Waals surface area contributed by atoms with Crippen molar-refractivity contribution in [1.29, 1.82) is 0 Å². The minimum absolute atomic E-state index is 0.0156. The van der Waals surface area contributed by atoms with Crippen LogP contribution in [0.3, 0.4) is 0 Å². The number of sulfone groups is 1. The van der Waals surface area contributed by atoms with E-state index in [1.807, 2.05) is 0 Å². The van der Waals surface area contributed by atoms with Gasteiger partial charge in [0.25, 0.3) is 0 Å². The number of benzene rings is 1. The van der Waals surface area contributed by atoms with Crippen LogP contribution >= 0.6 is 0 Å². The number of likely N-dealkylation sites (tertiary alicyclic amines) is 1. The second-order valence-electron chi connectivity index (χ2n) is 9.44. The fourth-order valence-corrected chi connectivity index (χ4v) is 7.56. The van der Waals surface area contributed by atoms with Crippen molar-refractivity contribution in [2.75, 3.05) is 45.1 Å². The first-order valence-corrected chi connectivity index (χ1v) is 13.4. The maximum atomic E-state index is 13.2. The Morgan fingerprint density at radius 2 is 1.64 bits per heavy atom. The molecule has 10 heteroatoms. The van der Waals surface area contributed by atoms with Gasteiger partial charge in [0.15, 0.2) is 9.84 Å². The van der Waals surface area contributed by atoms with Gasteiger partial charge >= 0.3 is 12.2 Å². The summed E-state index contributed by atoms with van der Waals surface area (Å²) in [5.74, 6) is -0.446. The van der Waals surface area contributed by atoms with Crippen LogP contribution in [0.5, 0.6) is 0 Å². The van der Waals surface area contributed by atoms with Gasteiger partial charge in [0.1, 0.15) is 0 Å². The summed E-state index contributed by atoms with van der Waals surface area (Å²) in [4.78, 5) is 16.6. The Hall–Kier alpha value is -1.81. The van der Waals surface area contributed by atoms with E-state index in [-0.39, 0.29) is 28.9 Å². The minimum atomic E-state index is -4.42. The number of alkyl halides is 3. The lowest BCUT2D eigenvalue weighted by molar-refractivity contribution is -0.137. The Bertz CT molecular complexity index is 924. The zero-order valence-electron chi connectivity index (χ0n) is 18.6. The van der Waals surface area contributed by atoms with Crippen molar-refractivity contribution >= 4 is 15.9 Å². The summed E-state index contributed by atoms with van der Waals surface area (Å²) in [6.07, 6.45) is -0.665. The number of ether oxygens (including phenoxy) is 1. The van der Waals surface area contributed by atoms with Gasteiger partial charge in [-0.3, -0.25) is 0 Å². The van der Waals surface area contributed by atoms with Gasteiger partial charge in [-0.2, -0.15) is 13.2 Å². The van der Waals surface area contributed by atoms with Crippen molar-refractivity contribution in [2.45, 2.75) is 49.4 Å². The zero-order chi connectivity index (χ0) is 23.6. The third-order valence-corrected chi connectivity index (χ3v) is 9.50. The number of carbonyl (C=O) groups is 1. The first-order chi connectivity index (χ1) is 15.6. The van der Waals surface area contributed by atoms with Crippen LogP contribution in [-0.2, 0) is 20.8 Å². The van der Waals surface area contributed by atoms with Crippen LogP contribution in [0, 0.1) is 5.92 Å². The molecule has 2 unspecified atom stereocenters. The third kappa shape index (κ3) is 5.82. The largest absolute Gasteiger partial charge is 0.416 e. The van der Waals surface area contributed by atoms with E-state index < -0.39 is 21.6 Å². The molecule has 1 aromatic carbocycles. The van der Waals surface area contributed by atoms with Crippen molar-refractivity contribution < 1.29 is 31.1 Å². The van der Waals surface area contributed by atoms with E-state index in [0.29, 0.717) is 64.2 Å². The van der Waals surface area contributed by atoms with Crippen molar-refractivity contribution in [1.82, 2.24) is 9.80 Å². The van der Waals surface area contributed by atoms with Crippen LogP contribution in [0.2, 0.25) is 0 Å². The molecule has 2 heterocycles. The monoisotopic (exact) mass is 488 g/mol. The van der Waals surface area contributed by atoms with E-state index in [1.54, 1.807) is 9.80 Å². The van der Waals surface area contributed by atoms with Gasteiger partial charge in [-0.1, -0.05) is 25.0 Å². The average Bonchev–Trinajstić information content (AvgIpc) is 3.34. The molecule has 1 aliphatic carbocycles. The predicted molar refractivity (Wildman–Crippen MR) is 118 cm³/mol. The minimum Gasteiger partial charge on any atom is -0.378 e. The van der Waals surface area contributed by atoms with Gasteiger partial charge < -0.3 is 14.5 Å². The van der Waals surface area contributed by atoms with Gasteiger partial charge in [0.2, 0.25) is 0 Å². The molecule has 0 spiro atoms. The summed E-state index contributed by atoms with van der Waals surface area (Å²) < 4.78 is 70.4. The molecule has 184 valence electrons. The highest BCUT2D eigenvalue weighted by molar-refractivity contribution is 7.92. The molecule has 2 amide bonds. The molecule has 1 saturated carbocycles. The fraction of sp³-hybridized carbons (Fsp3) is 0.696. The van der Waals surface area contributed by atoms with Gasteiger partial charge in [-0.05, 0) is 42.9 Å². The maximum absolute atomic E-state index is 13.2. The lowest BCUT2D eigenvalue weighted by atomic mass is 9.85. The normalized spacial score (nSPS) is 25.4. The van der Waals surface area contributed by atoms with Crippen LogP contribution in [0.4, 0.5) is 18.0 Å². The first-order valence-electron chi connectivity index (χ1n) is 11.6. The molecule has 0 aromatic heterocycles. The van der Waals surface area contributed by atoms with E-state index in [0.717, 1.165) is 25.0 Å². The van der Waals surface area contributed by atoms with Crippen LogP contribution in [0.15, 0.2) is 24.3 Å². The van der Waals surface area contributed by atoms with E-state index in [1.165, 1.54) is 12.1 Å². The van der Waals surface area contributed by atoms with Gasteiger partial charge in [0, 0.05) is 32.1 Å². The summed E-state index contributed by atoms with van der Waals surface area (Å²) >= 11 is 0. The van der Waals surface area contributed by atoms with E-state index in [2.05, 4.69) is 0 Å². The molecule has 3 aliphatic rings. The highest BCUT2D eigenvalue weighted by atomic mass is 32.2. The van der Waals surface area contributed by atoms with Crippen LogP contribution in [0.25, 0.3) is 0 Å². The summed E-state index contributed by atoms with van der Waals surface area (Å²) in [5.41, 5.74) is -0.0191. The topological polar surface area (TPSA) is 66.9 Å². The summed E-state index contributed by atoms with van der Waals surface area (Å²) in [5, 5.41) is -0.313. The van der Waals surface area contributed by atoms with Gasteiger partial charge in [-0.25, -0.2) is 13.2 Å². The van der Waals surface area contributed by atoms with Crippen molar-refractivity contribution in [3.63, 3.8) is 0 Å². The average molecular weight is 489 g/mol. The number of amides is 2. The molecule has 1 aromatic rings. The number of hydrogen-bond acceptors (Lipinski definition) is 4. The number of nitrogens with zero attached hydrogens (tertiary/aromatic N) is 2. The SMILES string of the molecule is O=C(N1CCOCC1)N1CC(CS(=O)(=O)C2CCCC2)CC(c2ccc(C(F)(F)F)cc2)C1. The van der Waals surface area contributed by atoms with E-state index in [4.69, 9.17) is 4.74 Å². The summed E-state index contributed by atoms with van der Waals surface area (Å²) in [7, 11) is -3.29. The molecule has 33 heavy (non-hydrogen) atoms. The van der Waals surface area contributed by atoms with E-state index >= 15 is 0 Å². The predicted octanol–water partition coefficient (Wildman–Crippen LogP) is 3.92. The number of rotatable bonds is 4. The molecule has 2 saturated heterocycles. The lowest BCUT2D eigenvalue weighted by Crippen LogP contribution is -2.53. The number of hydrogen-bond donors (Lipinski definition) is 0. The summed E-state index contributed by atoms with van der Waals surface area (Å²) in [6.45, 7) is 2.58. The molecule has 2 atom stereocenters. The quantitative estimate of drug-likeness (QED) is 0.645. The molecular weight excluding hydrogens is 457 g/mol. The molecule has 6 nitrogen and oxygen atoms in total. The van der Waals surface area contributed by atoms with Gasteiger partial charge in [-0.15, -0.1) is 0 Å². The smallest absolute Gasteiger partial charge is 0.378 e. The van der Waals surface area contributed by atoms with Gasteiger partial charge in [0.05, 0.1) is 29.8 Å². The molecule has 0 bridgehead atoms. The molecule has 0 N–H and O–H groups in total. The van der Waals surface area contributed by atoms with Crippen LogP contribution < -0.4 is 0 Å². The number of carbonyl (C=O) groups excluding carboxylic acids is 1. The number of piperidine rings is 1. The lowest BCUT2D eigenvalue weighted by Gasteiger charge is -2.41. The Labute approximate surface area is 193 Å². The second-order valence-corrected chi connectivity index (χ2v) is 11.8. The van der Waals surface area contributed by atoms with Crippen molar-refractivity contribution in [2.24, 2.45) is 5.92 Å². The third-order valence-electron chi connectivity index (χ3n) is 7.08. The summed E-state index contributed by atoms with van der Waals surface area (Å²) in [6, 6.07) is 4.88. The molecule has 0 radical (unpaired) electrons. The second kappa shape index (κ2) is 9.82. The Balaban J connectivity index is 1.54. The van der Waals surface area contributed by atoms with Crippen LogP contribution in [-0.4, -0.2) is 74.6 Å². The van der Waals surface area contributed by atoms with Crippen molar-refractivity contribution in [3.8, 4) is 0 Å². The highest BCUT2D eigenvalue weighted by Gasteiger charge is 2.38. The Morgan fingerprint density at radius 3 is 2.24 bits per heavy atom. The Morgan fingerprint density at radius 1 is 1.00 bits per heavy atom. The standard InChI is InChI=1S/C23H31F3N2O4S/c24-23(25,26)20-7-5-18(6-8-20)19-13-17(16-33(30,31)21-3-1-2-4-21)14-28(15-19)22(29)27-9-11-32-12-10-27/h5-8,17,19,21H,1-4,9-16H2. The highest BCUT2D eigenvalue weighted by Crippen LogP contribution is 2.36. The molecule has 2 aliphatic heterocycles. The van der Waals surface area contributed by atoms with Crippen molar-refractivity contribution in [3.05, 3.63) is 35.4 Å². The molecule has 4 rings (SSSR count). The molecule has 3 fully saturated rings. The Kier molecular flexibility index (Phi) is 7.23. The molecular formula is C23H31F3N2O4S. The first kappa shape index (κ1) is 24.3. The number of morpholine rings is 1.